The Balaban J connectivity index is 0.00000207. The fourth-order valence-electron chi connectivity index (χ4n) is 10.8. The third-order valence-corrected chi connectivity index (χ3v) is 30.5. The second-order valence-corrected chi connectivity index (χ2v) is 47.1. The Morgan fingerprint density at radius 3 is 1.17 bits per heavy atom. The molecule has 0 N–H and O–H groups in total. The molecule has 2 aliphatic carbocycles. The molecule has 0 aliphatic heterocycles. The largest absolute Gasteiger partial charge is 0.147 e. The molecule has 4 heteroatoms. The molecule has 0 heterocycles. The summed E-state index contributed by atoms with van der Waals surface area (Å²) >= 11 is -3.74. The van der Waals surface area contributed by atoms with Gasteiger partial charge in [-0.15, -0.1) is 24.8 Å². The van der Waals surface area contributed by atoms with E-state index in [1.165, 1.54) is 98.7 Å². The zero-order chi connectivity index (χ0) is 35.4. The first-order chi connectivity index (χ1) is 25.2. The van der Waals surface area contributed by atoms with Gasteiger partial charge >= 0.3 is 311 Å². The van der Waals surface area contributed by atoms with Crippen LogP contribution in [0.4, 0.5) is 0 Å². The van der Waals surface area contributed by atoms with Crippen molar-refractivity contribution in [3.8, 4) is 22.3 Å². The number of benzene rings is 8. The molecule has 0 spiro atoms. The number of fused-ring (bicyclic) bond motifs is 8. The van der Waals surface area contributed by atoms with E-state index in [0.717, 1.165) is 0 Å². The van der Waals surface area contributed by atoms with Gasteiger partial charge in [-0.2, -0.15) is 0 Å². The van der Waals surface area contributed by atoms with Gasteiger partial charge in [0, 0.05) is 0 Å². The summed E-state index contributed by atoms with van der Waals surface area (Å²) in [5.41, 5.74) is 14.4. The van der Waals surface area contributed by atoms with Crippen LogP contribution in [0, 0.1) is 0 Å². The fraction of sp³-hybridized carbons (Fsp3) is 0.120. The number of rotatable bonds is 4. The van der Waals surface area contributed by atoms with Crippen molar-refractivity contribution in [1.29, 1.82) is 0 Å². The maximum atomic E-state index is 2.75. The normalized spacial score (nSPS) is 16.5. The van der Waals surface area contributed by atoms with Gasteiger partial charge in [0.05, 0.1) is 0 Å². The Morgan fingerprint density at radius 1 is 0.407 bits per heavy atom. The molecule has 8 aromatic carbocycles. The van der Waals surface area contributed by atoms with Crippen LogP contribution in [0.3, 0.4) is 0 Å². The third kappa shape index (κ3) is 5.40. The molecule has 0 aromatic heterocycles. The summed E-state index contributed by atoms with van der Waals surface area (Å²) in [7, 11) is 0. The minimum Gasteiger partial charge on any atom is -0.147 e. The first-order valence-corrected chi connectivity index (χ1v) is 32.4. The number of allylic oxidation sites excluding steroid dienone is 2. The van der Waals surface area contributed by atoms with Gasteiger partial charge in [0.2, 0.25) is 0 Å². The summed E-state index contributed by atoms with van der Waals surface area (Å²) in [6, 6.07) is 54.8. The molecular weight excluding hydrogens is 791 g/mol. The minimum atomic E-state index is -3.74. The van der Waals surface area contributed by atoms with Gasteiger partial charge in [0.1, 0.15) is 0 Å². The molecule has 2 aliphatic rings. The summed E-state index contributed by atoms with van der Waals surface area (Å²) in [5.74, 6) is 0. The molecule has 10 rings (SSSR count). The van der Waals surface area contributed by atoms with E-state index in [9.17, 15) is 0 Å². The number of halogens is 2. The van der Waals surface area contributed by atoms with Gasteiger partial charge in [0.15, 0.2) is 0 Å². The quantitative estimate of drug-likeness (QED) is 0.122. The SMILES string of the molecule is CC1=Cc2c(-c3cc4ccccc4c4ccccc34)cccc2[CH]1[Zr]([CH3])([CH3])(=[SiH2])[CH]1C(C)=Cc2c(-c3cc4ccccc4c4ccccc34)cccc21.Cl.Cl. The molecule has 0 fully saturated rings. The molecule has 0 nitrogen and oxygen atoms in total. The Kier molecular flexibility index (Phi) is 9.10. The topological polar surface area (TPSA) is 0 Å². The predicted molar refractivity (Wildman–Crippen MR) is 241 cm³/mol. The van der Waals surface area contributed by atoms with Gasteiger partial charge in [-0.25, -0.2) is 0 Å². The monoisotopic (exact) mass is 832 g/mol. The second-order valence-electron chi connectivity index (χ2n) is 16.6. The van der Waals surface area contributed by atoms with Crippen molar-refractivity contribution in [2.24, 2.45) is 0 Å². The standard InChI is InChI=1S/2C24H17.2CH3.2ClH.H2Si.Zr/c2*1-16-13-17-8-6-12-22(23(17)14-16)24-15-18-7-2-3-9-19(18)20-10-4-5-11-21(20)24;;;;;;/h2*2-15H,1H3;2*1H3;2*1H;1H2;. The molecule has 0 saturated carbocycles. The molecule has 0 bridgehead atoms. The van der Waals surface area contributed by atoms with Crippen LogP contribution in [0.25, 0.3) is 77.5 Å². The van der Waals surface area contributed by atoms with Gasteiger partial charge in [-0.1, -0.05) is 0 Å². The summed E-state index contributed by atoms with van der Waals surface area (Å²) < 4.78 is 6.44. The molecule has 2 unspecified atom stereocenters. The Labute approximate surface area is 333 Å². The van der Waals surface area contributed by atoms with Crippen LogP contribution >= 0.6 is 24.8 Å². The molecule has 8 aromatic rings. The molecule has 0 radical (unpaired) electrons. The van der Waals surface area contributed by atoms with Crippen molar-refractivity contribution in [3.05, 3.63) is 179 Å². The first-order valence-electron chi connectivity index (χ1n) is 18.7. The number of hydrogen-bond donors (Lipinski definition) is 0. The zero-order valence-corrected chi connectivity index (χ0v) is 36.7. The van der Waals surface area contributed by atoms with Crippen molar-refractivity contribution in [2.75, 3.05) is 0 Å². The average molecular weight is 835 g/mol. The van der Waals surface area contributed by atoms with E-state index in [-0.39, 0.29) is 24.8 Å². The van der Waals surface area contributed by atoms with E-state index < -0.39 is 17.4 Å². The van der Waals surface area contributed by atoms with E-state index in [2.05, 4.69) is 188 Å². The zero-order valence-electron chi connectivity index (χ0n) is 31.2. The van der Waals surface area contributed by atoms with E-state index in [4.69, 9.17) is 0 Å². The summed E-state index contributed by atoms with van der Waals surface area (Å²) in [6.07, 6.45) is 5.11. The summed E-state index contributed by atoms with van der Waals surface area (Å²) in [4.78, 5) is 0. The van der Waals surface area contributed by atoms with Crippen LogP contribution in [0.2, 0.25) is 9.26 Å². The van der Waals surface area contributed by atoms with Crippen molar-refractivity contribution >= 4 is 86.9 Å². The molecule has 266 valence electrons. The van der Waals surface area contributed by atoms with E-state index >= 15 is 0 Å². The Morgan fingerprint density at radius 2 is 0.759 bits per heavy atom. The van der Waals surface area contributed by atoms with Crippen LogP contribution in [0.5, 0.6) is 0 Å². The first kappa shape index (κ1) is 36.9. The number of hydrogen-bond acceptors (Lipinski definition) is 0. The molecular formula is C50H44Cl2SiZr. The molecule has 54 heavy (non-hydrogen) atoms. The molecule has 0 amide bonds. The third-order valence-electron chi connectivity index (χ3n) is 12.6. The van der Waals surface area contributed by atoms with Crippen LogP contribution in [-0.2, 0) is 17.4 Å². The summed E-state index contributed by atoms with van der Waals surface area (Å²) in [6.45, 7) is 7.29. The van der Waals surface area contributed by atoms with Crippen LogP contribution < -0.4 is 0 Å². The average Bonchev–Trinajstić information content (AvgIpc) is 3.71. The molecule has 0 saturated heterocycles. The van der Waals surface area contributed by atoms with Crippen LogP contribution in [0.15, 0.2) is 157 Å². The van der Waals surface area contributed by atoms with Gasteiger partial charge in [-0.05, 0) is 0 Å². The van der Waals surface area contributed by atoms with E-state index in [1.807, 2.05) is 0 Å². The second kappa shape index (κ2) is 13.3. The maximum absolute atomic E-state index is 3.74. The Hall–Kier alpha value is -4.04. The van der Waals surface area contributed by atoms with Crippen molar-refractivity contribution in [1.82, 2.24) is 0 Å². The van der Waals surface area contributed by atoms with Crippen molar-refractivity contribution in [3.63, 3.8) is 0 Å². The fourth-order valence-corrected chi connectivity index (χ4v) is 32.1. The van der Waals surface area contributed by atoms with Crippen LogP contribution in [0.1, 0.15) is 43.4 Å². The smallest absolute Gasteiger partial charge is 0.147 e. The Bertz CT molecular complexity index is 2790. The van der Waals surface area contributed by atoms with Gasteiger partial charge in [0.25, 0.3) is 0 Å². The van der Waals surface area contributed by atoms with Gasteiger partial charge in [-0.3, -0.25) is 0 Å². The van der Waals surface area contributed by atoms with E-state index in [1.54, 1.807) is 0 Å². The maximum Gasteiger partial charge on any atom is -0.147 e. The van der Waals surface area contributed by atoms with E-state index in [0.29, 0.717) is 7.25 Å². The predicted octanol–water partition coefficient (Wildman–Crippen LogP) is 14.4. The van der Waals surface area contributed by atoms with Crippen LogP contribution in [-0.4, -0.2) is 6.88 Å². The van der Waals surface area contributed by atoms with Crippen molar-refractivity contribution in [2.45, 2.75) is 30.4 Å². The van der Waals surface area contributed by atoms with Crippen molar-refractivity contribution < 1.29 is 17.4 Å². The minimum absolute atomic E-state index is 0. The van der Waals surface area contributed by atoms with Gasteiger partial charge < -0.3 is 0 Å². The summed E-state index contributed by atoms with van der Waals surface area (Å²) in [5, 5.41) is 10.6. The molecule has 2 atom stereocenters.